The highest BCUT2D eigenvalue weighted by molar-refractivity contribution is 5.97. The van der Waals surface area contributed by atoms with Crippen molar-refractivity contribution in [2.24, 2.45) is 0 Å². The molecule has 34 heavy (non-hydrogen) atoms. The Bertz CT molecular complexity index is 1160. The number of fused-ring (bicyclic) bond motifs is 1. The number of carbonyl (C=O) groups excluding carboxylic acids is 2. The van der Waals surface area contributed by atoms with Gasteiger partial charge in [0.1, 0.15) is 0 Å². The molecular weight excluding hydrogens is 428 g/mol. The normalized spacial score (nSPS) is 17.2. The number of carbonyl (C=O) groups is 2. The number of amides is 2. The average Bonchev–Trinajstić information content (AvgIpc) is 3.26. The van der Waals surface area contributed by atoms with Crippen LogP contribution in [0.25, 0.3) is 11.1 Å². The van der Waals surface area contributed by atoms with Crippen LogP contribution in [-0.4, -0.2) is 43.0 Å². The molecule has 0 bridgehead atoms. The Kier molecular flexibility index (Phi) is 6.47. The summed E-state index contributed by atoms with van der Waals surface area (Å²) in [5.74, 6) is 1.16. The quantitative estimate of drug-likeness (QED) is 0.609. The highest BCUT2D eigenvalue weighted by Crippen LogP contribution is 2.37. The van der Waals surface area contributed by atoms with Crippen molar-refractivity contribution in [3.05, 3.63) is 83.9 Å². The Hall–Kier alpha value is -3.80. The van der Waals surface area contributed by atoms with Crippen LogP contribution in [0.3, 0.4) is 0 Å². The topological polar surface area (TPSA) is 67.9 Å². The molecule has 0 radical (unpaired) electrons. The molecular formula is C28H28N2O4. The number of likely N-dealkylation sites (tertiary alicyclic amines) is 1. The van der Waals surface area contributed by atoms with E-state index in [2.05, 4.69) is 5.32 Å². The van der Waals surface area contributed by atoms with E-state index in [0.717, 1.165) is 47.5 Å². The first kappa shape index (κ1) is 22.0. The first-order valence-electron chi connectivity index (χ1n) is 11.8. The van der Waals surface area contributed by atoms with E-state index in [1.54, 1.807) is 12.1 Å². The molecule has 0 aromatic heterocycles. The van der Waals surface area contributed by atoms with Gasteiger partial charge in [-0.1, -0.05) is 48.5 Å². The molecule has 2 aliphatic rings. The molecule has 6 heteroatoms. The fourth-order valence-electron chi connectivity index (χ4n) is 4.60. The van der Waals surface area contributed by atoms with Crippen molar-refractivity contribution in [1.82, 2.24) is 10.2 Å². The molecule has 3 aromatic rings. The van der Waals surface area contributed by atoms with Crippen LogP contribution < -0.4 is 14.8 Å². The summed E-state index contributed by atoms with van der Waals surface area (Å²) in [6, 6.07) is 23.3. The van der Waals surface area contributed by atoms with Crippen LogP contribution in [-0.2, 0) is 4.79 Å². The van der Waals surface area contributed by atoms with Gasteiger partial charge in [0.05, 0.1) is 25.8 Å². The minimum absolute atomic E-state index is 0.0216. The molecule has 1 N–H and O–H groups in total. The third kappa shape index (κ3) is 4.76. The van der Waals surface area contributed by atoms with Gasteiger partial charge in [0.2, 0.25) is 5.91 Å². The molecule has 1 saturated heterocycles. The van der Waals surface area contributed by atoms with Crippen molar-refractivity contribution in [2.45, 2.75) is 25.3 Å². The maximum Gasteiger partial charge on any atom is 0.251 e. The van der Waals surface area contributed by atoms with E-state index in [0.29, 0.717) is 25.3 Å². The minimum Gasteiger partial charge on any atom is -0.490 e. The van der Waals surface area contributed by atoms with E-state index in [4.69, 9.17) is 9.47 Å². The van der Waals surface area contributed by atoms with E-state index in [1.807, 2.05) is 65.6 Å². The van der Waals surface area contributed by atoms with Gasteiger partial charge in [-0.3, -0.25) is 9.59 Å². The van der Waals surface area contributed by atoms with Crippen molar-refractivity contribution >= 4 is 11.8 Å². The summed E-state index contributed by atoms with van der Waals surface area (Å²) >= 11 is 0. The largest absolute Gasteiger partial charge is 0.490 e. The van der Waals surface area contributed by atoms with Gasteiger partial charge >= 0.3 is 0 Å². The van der Waals surface area contributed by atoms with E-state index in [-0.39, 0.29) is 24.4 Å². The van der Waals surface area contributed by atoms with Crippen LogP contribution in [0.5, 0.6) is 11.5 Å². The highest BCUT2D eigenvalue weighted by atomic mass is 16.5. The summed E-state index contributed by atoms with van der Waals surface area (Å²) in [6.45, 7) is 1.93. The molecule has 0 spiro atoms. The fourth-order valence-corrected chi connectivity index (χ4v) is 4.60. The molecule has 1 atom stereocenters. The maximum absolute atomic E-state index is 13.0. The standard InChI is InChI=1S/C28H28N2O4/c31-27(19-29-28(32)22-11-9-21(10-12-22)20-6-2-1-3-7-20)30-15-4-8-24(30)23-13-14-25-26(18-23)34-17-5-16-33-25/h1-3,6-7,9-14,18,24H,4-5,8,15-17,19H2,(H,29,32)/t24-/m1/s1. The zero-order chi connectivity index (χ0) is 23.3. The molecule has 5 rings (SSSR count). The van der Waals surface area contributed by atoms with Crippen LogP contribution >= 0.6 is 0 Å². The zero-order valence-corrected chi connectivity index (χ0v) is 19.0. The van der Waals surface area contributed by atoms with Gasteiger partial charge in [0.25, 0.3) is 5.91 Å². The smallest absolute Gasteiger partial charge is 0.251 e. The zero-order valence-electron chi connectivity index (χ0n) is 19.0. The summed E-state index contributed by atoms with van der Waals surface area (Å²) < 4.78 is 11.6. The molecule has 0 aliphatic carbocycles. The molecule has 2 aliphatic heterocycles. The monoisotopic (exact) mass is 456 g/mol. The second-order valence-corrected chi connectivity index (χ2v) is 8.63. The number of benzene rings is 3. The van der Waals surface area contributed by atoms with E-state index >= 15 is 0 Å². The van der Waals surface area contributed by atoms with Crippen molar-refractivity contribution in [3.8, 4) is 22.6 Å². The number of hydrogen-bond acceptors (Lipinski definition) is 4. The third-order valence-electron chi connectivity index (χ3n) is 6.38. The lowest BCUT2D eigenvalue weighted by atomic mass is 10.0. The predicted octanol–water partition coefficient (Wildman–Crippen LogP) is 4.61. The Morgan fingerprint density at radius 3 is 2.38 bits per heavy atom. The SMILES string of the molecule is O=C(NCC(=O)N1CCC[C@@H]1c1ccc2c(c1)OCCCO2)c1ccc(-c2ccccc2)cc1. The summed E-state index contributed by atoms with van der Waals surface area (Å²) in [5, 5.41) is 2.79. The number of rotatable bonds is 5. The second kappa shape index (κ2) is 10.00. The number of nitrogens with zero attached hydrogens (tertiary/aromatic N) is 1. The summed E-state index contributed by atoms with van der Waals surface area (Å²) in [4.78, 5) is 27.5. The molecule has 2 amide bonds. The lowest BCUT2D eigenvalue weighted by molar-refractivity contribution is -0.131. The molecule has 1 fully saturated rings. The van der Waals surface area contributed by atoms with E-state index in [9.17, 15) is 9.59 Å². The van der Waals surface area contributed by atoms with Crippen LogP contribution in [0.2, 0.25) is 0 Å². The molecule has 174 valence electrons. The molecule has 0 saturated carbocycles. The van der Waals surface area contributed by atoms with Crippen molar-refractivity contribution in [3.63, 3.8) is 0 Å². The van der Waals surface area contributed by atoms with E-state index < -0.39 is 0 Å². The Balaban J connectivity index is 1.21. The van der Waals surface area contributed by atoms with Gasteiger partial charge in [-0.15, -0.1) is 0 Å². The van der Waals surface area contributed by atoms with Gasteiger partial charge in [0, 0.05) is 18.5 Å². The highest BCUT2D eigenvalue weighted by Gasteiger charge is 2.30. The minimum atomic E-state index is -0.251. The van der Waals surface area contributed by atoms with Gasteiger partial charge < -0.3 is 19.7 Å². The van der Waals surface area contributed by atoms with Crippen molar-refractivity contribution in [2.75, 3.05) is 26.3 Å². The van der Waals surface area contributed by atoms with Crippen LogP contribution in [0.4, 0.5) is 0 Å². The summed E-state index contributed by atoms with van der Waals surface area (Å²) in [5.41, 5.74) is 3.72. The predicted molar refractivity (Wildman–Crippen MR) is 130 cm³/mol. The van der Waals surface area contributed by atoms with Crippen molar-refractivity contribution < 1.29 is 19.1 Å². The van der Waals surface area contributed by atoms with Gasteiger partial charge in [-0.05, 0) is 53.8 Å². The van der Waals surface area contributed by atoms with Crippen LogP contribution in [0.1, 0.15) is 41.2 Å². The lowest BCUT2D eigenvalue weighted by Crippen LogP contribution is -2.39. The summed E-state index contributed by atoms with van der Waals surface area (Å²) in [7, 11) is 0. The Morgan fingerprint density at radius 1 is 0.853 bits per heavy atom. The lowest BCUT2D eigenvalue weighted by Gasteiger charge is -2.26. The number of ether oxygens (including phenoxy) is 2. The first-order chi connectivity index (χ1) is 16.7. The van der Waals surface area contributed by atoms with Gasteiger partial charge in [-0.25, -0.2) is 0 Å². The summed E-state index contributed by atoms with van der Waals surface area (Å²) in [6.07, 6.45) is 2.67. The number of hydrogen-bond donors (Lipinski definition) is 1. The maximum atomic E-state index is 13.0. The molecule has 6 nitrogen and oxygen atoms in total. The number of nitrogens with one attached hydrogen (secondary N) is 1. The second-order valence-electron chi connectivity index (χ2n) is 8.63. The molecule has 3 aromatic carbocycles. The molecule has 0 unspecified atom stereocenters. The van der Waals surface area contributed by atoms with Gasteiger partial charge in [-0.2, -0.15) is 0 Å². The molecule has 2 heterocycles. The Morgan fingerprint density at radius 2 is 1.59 bits per heavy atom. The van der Waals surface area contributed by atoms with E-state index in [1.165, 1.54) is 0 Å². The van der Waals surface area contributed by atoms with Crippen LogP contribution in [0, 0.1) is 0 Å². The van der Waals surface area contributed by atoms with Gasteiger partial charge in [0.15, 0.2) is 11.5 Å². The van der Waals surface area contributed by atoms with Crippen molar-refractivity contribution in [1.29, 1.82) is 0 Å². The first-order valence-corrected chi connectivity index (χ1v) is 11.8. The Labute approximate surface area is 199 Å². The average molecular weight is 457 g/mol. The third-order valence-corrected chi connectivity index (χ3v) is 6.38. The van der Waals surface area contributed by atoms with Crippen LogP contribution in [0.15, 0.2) is 72.8 Å². The fraction of sp³-hybridized carbons (Fsp3) is 0.286.